The number of carbonyl (C=O) groups excluding carboxylic acids is 1. The minimum Gasteiger partial charge on any atom is -0.489 e. The molecule has 0 aromatic heterocycles. The quantitative estimate of drug-likeness (QED) is 0.320. The number of carbonyl (C=O) groups is 2. The van der Waals surface area contributed by atoms with Crippen LogP contribution in [0.5, 0.6) is 5.75 Å². The molecule has 0 unspecified atom stereocenters. The van der Waals surface area contributed by atoms with Gasteiger partial charge < -0.3 is 14.6 Å². The zero-order valence-corrected chi connectivity index (χ0v) is 13.0. The van der Waals surface area contributed by atoms with Gasteiger partial charge in [-0.25, -0.2) is 4.79 Å². The Balaban J connectivity index is 2.49. The summed E-state index contributed by atoms with van der Waals surface area (Å²) in [6.07, 6.45) is 0.243. The molecular weight excluding hydrogens is 383 g/mol. The molecule has 104 valence electrons. The lowest BCUT2D eigenvalue weighted by molar-refractivity contribution is -0.143. The SMILES string of the molecule is O=C(CCS)OCCOc1ccc(I)cc1C(=O)O. The van der Waals surface area contributed by atoms with Crippen molar-refractivity contribution >= 4 is 47.2 Å². The number of esters is 1. The second kappa shape index (κ2) is 8.26. The number of ether oxygens (including phenoxy) is 2. The molecular formula is C12H13IO5S. The van der Waals surface area contributed by atoms with Gasteiger partial charge in [-0.1, -0.05) is 0 Å². The number of thiol groups is 1. The summed E-state index contributed by atoms with van der Waals surface area (Å²) >= 11 is 5.93. The van der Waals surface area contributed by atoms with Gasteiger partial charge in [0.15, 0.2) is 0 Å². The van der Waals surface area contributed by atoms with Crippen molar-refractivity contribution in [3.8, 4) is 5.75 Å². The van der Waals surface area contributed by atoms with Gasteiger partial charge in [-0.05, 0) is 40.8 Å². The van der Waals surface area contributed by atoms with Crippen molar-refractivity contribution in [3.05, 3.63) is 27.3 Å². The topological polar surface area (TPSA) is 72.8 Å². The standard InChI is InChI=1S/C12H13IO5S/c13-8-1-2-10(9(7-8)12(15)16)17-4-5-18-11(14)3-6-19/h1-2,7,19H,3-6H2,(H,15,16). The second-order valence-electron chi connectivity index (χ2n) is 3.49. The Bertz CT molecular complexity index is 463. The summed E-state index contributed by atoms with van der Waals surface area (Å²) in [5.41, 5.74) is 0.0913. The highest BCUT2D eigenvalue weighted by molar-refractivity contribution is 14.1. The van der Waals surface area contributed by atoms with E-state index < -0.39 is 5.97 Å². The lowest BCUT2D eigenvalue weighted by atomic mass is 10.2. The molecule has 0 aliphatic heterocycles. The molecule has 19 heavy (non-hydrogen) atoms. The van der Waals surface area contributed by atoms with E-state index in [1.165, 1.54) is 6.07 Å². The van der Waals surface area contributed by atoms with Crippen molar-refractivity contribution in [2.45, 2.75) is 6.42 Å². The summed E-state index contributed by atoms with van der Waals surface area (Å²) in [7, 11) is 0. The minimum absolute atomic E-state index is 0.0810. The second-order valence-corrected chi connectivity index (χ2v) is 5.18. The highest BCUT2D eigenvalue weighted by atomic mass is 127. The molecule has 5 nitrogen and oxygen atoms in total. The van der Waals surface area contributed by atoms with E-state index in [1.807, 2.05) is 22.6 Å². The van der Waals surface area contributed by atoms with E-state index in [2.05, 4.69) is 12.6 Å². The first-order valence-corrected chi connectivity index (χ1v) is 7.18. The molecule has 0 aliphatic rings. The molecule has 0 bridgehead atoms. The number of benzene rings is 1. The third kappa shape index (κ3) is 5.68. The number of hydrogen-bond acceptors (Lipinski definition) is 5. The number of rotatable bonds is 7. The average molecular weight is 396 g/mol. The van der Waals surface area contributed by atoms with E-state index >= 15 is 0 Å². The maximum absolute atomic E-state index is 11.1. The van der Waals surface area contributed by atoms with Crippen molar-refractivity contribution in [2.75, 3.05) is 19.0 Å². The Morgan fingerprint density at radius 2 is 2.05 bits per heavy atom. The Hall–Kier alpha value is -0.960. The van der Waals surface area contributed by atoms with Gasteiger partial charge in [0.25, 0.3) is 0 Å². The van der Waals surface area contributed by atoms with Gasteiger partial charge in [-0.2, -0.15) is 12.6 Å². The number of carboxylic acids is 1. The maximum Gasteiger partial charge on any atom is 0.339 e. The van der Waals surface area contributed by atoms with Crippen LogP contribution in [0, 0.1) is 3.57 Å². The average Bonchev–Trinajstić information content (AvgIpc) is 2.36. The van der Waals surface area contributed by atoms with Crippen molar-refractivity contribution in [1.29, 1.82) is 0 Å². The molecule has 0 aliphatic carbocycles. The van der Waals surface area contributed by atoms with Gasteiger partial charge in [-0.15, -0.1) is 0 Å². The molecule has 1 aromatic carbocycles. The van der Waals surface area contributed by atoms with E-state index in [0.717, 1.165) is 3.57 Å². The number of carboxylic acid groups (broad SMARTS) is 1. The van der Waals surface area contributed by atoms with E-state index in [0.29, 0.717) is 5.75 Å². The van der Waals surface area contributed by atoms with Gasteiger partial charge in [0, 0.05) is 9.32 Å². The smallest absolute Gasteiger partial charge is 0.339 e. The summed E-state index contributed by atoms with van der Waals surface area (Å²) in [6.45, 7) is 0.191. The number of hydrogen-bond donors (Lipinski definition) is 2. The molecule has 7 heteroatoms. The van der Waals surface area contributed by atoms with Crippen molar-refractivity contribution in [1.82, 2.24) is 0 Å². The van der Waals surface area contributed by atoms with Crippen LogP contribution in [-0.2, 0) is 9.53 Å². The highest BCUT2D eigenvalue weighted by Crippen LogP contribution is 2.21. The zero-order chi connectivity index (χ0) is 14.3. The van der Waals surface area contributed by atoms with E-state index in [9.17, 15) is 9.59 Å². The lowest BCUT2D eigenvalue weighted by Gasteiger charge is -2.09. The summed E-state index contributed by atoms with van der Waals surface area (Å²) < 4.78 is 11.0. The first-order chi connectivity index (χ1) is 9.04. The van der Waals surface area contributed by atoms with Crippen LogP contribution in [0.2, 0.25) is 0 Å². The fraction of sp³-hybridized carbons (Fsp3) is 0.333. The van der Waals surface area contributed by atoms with E-state index in [-0.39, 0.29) is 36.9 Å². The van der Waals surface area contributed by atoms with Crippen molar-refractivity contribution in [3.63, 3.8) is 0 Å². The first kappa shape index (κ1) is 16.1. The molecule has 0 fully saturated rings. The van der Waals surface area contributed by atoms with Gasteiger partial charge in [0.2, 0.25) is 0 Å². The molecule has 0 saturated heterocycles. The molecule has 1 aromatic rings. The van der Waals surface area contributed by atoms with Crippen molar-refractivity contribution in [2.24, 2.45) is 0 Å². The fourth-order valence-electron chi connectivity index (χ4n) is 1.27. The normalized spacial score (nSPS) is 10.0. The third-order valence-electron chi connectivity index (χ3n) is 2.09. The summed E-state index contributed by atoms with van der Waals surface area (Å²) in [4.78, 5) is 22.1. The van der Waals surface area contributed by atoms with Crippen LogP contribution in [0.25, 0.3) is 0 Å². The highest BCUT2D eigenvalue weighted by Gasteiger charge is 2.12. The van der Waals surface area contributed by atoms with E-state index in [1.54, 1.807) is 12.1 Å². The van der Waals surface area contributed by atoms with Crippen molar-refractivity contribution < 1.29 is 24.2 Å². The Morgan fingerprint density at radius 3 is 2.68 bits per heavy atom. The Kier molecular flexibility index (Phi) is 7.00. The van der Waals surface area contributed by atoms with Crippen LogP contribution < -0.4 is 4.74 Å². The molecule has 0 saturated carbocycles. The van der Waals surface area contributed by atoms with Gasteiger partial charge in [-0.3, -0.25) is 4.79 Å². The molecule has 0 atom stereocenters. The maximum atomic E-state index is 11.1. The predicted octanol–water partition coefficient (Wildman–Crippen LogP) is 2.23. The van der Waals surface area contributed by atoms with Crippen LogP contribution in [-0.4, -0.2) is 36.0 Å². The predicted molar refractivity (Wildman–Crippen MR) is 81.0 cm³/mol. The largest absolute Gasteiger partial charge is 0.489 e. The van der Waals surface area contributed by atoms with Crippen LogP contribution in [0.15, 0.2) is 18.2 Å². The molecule has 0 radical (unpaired) electrons. The number of halogens is 1. The lowest BCUT2D eigenvalue weighted by Crippen LogP contribution is -2.13. The third-order valence-corrected chi connectivity index (χ3v) is 2.99. The molecule has 0 heterocycles. The van der Waals surface area contributed by atoms with Crippen LogP contribution in [0.3, 0.4) is 0 Å². The fourth-order valence-corrected chi connectivity index (χ4v) is 1.94. The summed E-state index contributed by atoms with van der Waals surface area (Å²) in [5.74, 6) is -0.710. The monoisotopic (exact) mass is 396 g/mol. The molecule has 0 spiro atoms. The number of aromatic carboxylic acids is 1. The van der Waals surface area contributed by atoms with Crippen LogP contribution in [0.4, 0.5) is 0 Å². The van der Waals surface area contributed by atoms with Gasteiger partial charge >= 0.3 is 11.9 Å². The first-order valence-electron chi connectivity index (χ1n) is 5.46. The zero-order valence-electron chi connectivity index (χ0n) is 9.97. The minimum atomic E-state index is -1.06. The summed E-state index contributed by atoms with van der Waals surface area (Å²) in [5, 5.41) is 9.03. The van der Waals surface area contributed by atoms with Crippen LogP contribution >= 0.6 is 35.2 Å². The van der Waals surface area contributed by atoms with E-state index in [4.69, 9.17) is 14.6 Å². The molecule has 1 rings (SSSR count). The Morgan fingerprint density at radius 1 is 1.32 bits per heavy atom. The molecule has 1 N–H and O–H groups in total. The van der Waals surface area contributed by atoms with Gasteiger partial charge in [0.1, 0.15) is 24.5 Å². The Labute approximate surface area is 129 Å². The van der Waals surface area contributed by atoms with Crippen LogP contribution in [0.1, 0.15) is 16.8 Å². The summed E-state index contributed by atoms with van der Waals surface area (Å²) in [6, 6.07) is 4.85. The molecule has 0 amide bonds. The van der Waals surface area contributed by atoms with Gasteiger partial charge in [0.05, 0.1) is 6.42 Å².